The van der Waals surface area contributed by atoms with Crippen molar-refractivity contribution in [3.63, 3.8) is 0 Å². The highest BCUT2D eigenvalue weighted by molar-refractivity contribution is 7.16. The summed E-state index contributed by atoms with van der Waals surface area (Å²) in [7, 11) is 0. The molecule has 2 aromatic rings. The average Bonchev–Trinajstić information content (AvgIpc) is 3.00. The second-order valence-corrected chi connectivity index (χ2v) is 7.02. The molecule has 8 heteroatoms. The number of amides is 2. The van der Waals surface area contributed by atoms with Crippen LogP contribution in [0.15, 0.2) is 24.5 Å². The summed E-state index contributed by atoms with van der Waals surface area (Å²) in [6, 6.07) is 3.77. The fourth-order valence-electron chi connectivity index (χ4n) is 3.20. The van der Waals surface area contributed by atoms with E-state index in [1.54, 1.807) is 24.2 Å². The van der Waals surface area contributed by atoms with Gasteiger partial charge in [-0.2, -0.15) is 0 Å². The zero-order valence-corrected chi connectivity index (χ0v) is 14.6. The zero-order chi connectivity index (χ0) is 17.4. The molecule has 2 amide bonds. The summed E-state index contributed by atoms with van der Waals surface area (Å²) in [6.07, 6.45) is 3.50. The SMILES string of the molecule is CCOC(=O)N1CCc2c(sc3c2C(=O)NC(c2cccnc2)N3)C1. The van der Waals surface area contributed by atoms with Crippen LogP contribution in [0.25, 0.3) is 0 Å². The lowest BCUT2D eigenvalue weighted by molar-refractivity contribution is 0.0934. The van der Waals surface area contributed by atoms with Gasteiger partial charge in [0.25, 0.3) is 5.91 Å². The number of nitrogens with one attached hydrogen (secondary N) is 2. The van der Waals surface area contributed by atoms with Gasteiger partial charge in [0, 0.05) is 29.4 Å². The van der Waals surface area contributed by atoms with E-state index < -0.39 is 0 Å². The van der Waals surface area contributed by atoms with Gasteiger partial charge in [0.05, 0.1) is 18.7 Å². The molecule has 0 bridgehead atoms. The first-order chi connectivity index (χ1) is 12.2. The Morgan fingerprint density at radius 1 is 1.48 bits per heavy atom. The Hall–Kier alpha value is -2.61. The zero-order valence-electron chi connectivity index (χ0n) is 13.7. The van der Waals surface area contributed by atoms with Crippen molar-refractivity contribution in [2.45, 2.75) is 26.1 Å². The normalized spacial score (nSPS) is 18.7. The van der Waals surface area contributed by atoms with Gasteiger partial charge in [-0.05, 0) is 25.0 Å². The summed E-state index contributed by atoms with van der Waals surface area (Å²) in [5, 5.41) is 7.23. The van der Waals surface area contributed by atoms with Crippen molar-refractivity contribution >= 4 is 28.3 Å². The molecule has 130 valence electrons. The van der Waals surface area contributed by atoms with Gasteiger partial charge in [-0.3, -0.25) is 9.78 Å². The maximum Gasteiger partial charge on any atom is 0.410 e. The molecule has 25 heavy (non-hydrogen) atoms. The third-order valence-electron chi connectivity index (χ3n) is 4.38. The maximum atomic E-state index is 12.7. The van der Waals surface area contributed by atoms with Gasteiger partial charge in [-0.1, -0.05) is 6.07 Å². The van der Waals surface area contributed by atoms with Crippen LogP contribution < -0.4 is 10.6 Å². The van der Waals surface area contributed by atoms with Gasteiger partial charge in [0.2, 0.25) is 0 Å². The molecule has 0 aromatic carbocycles. The number of pyridine rings is 1. The fraction of sp³-hybridized carbons (Fsp3) is 0.353. The second-order valence-electron chi connectivity index (χ2n) is 5.92. The molecule has 4 heterocycles. The van der Waals surface area contributed by atoms with E-state index in [2.05, 4.69) is 15.6 Å². The van der Waals surface area contributed by atoms with Crippen LogP contribution in [0.5, 0.6) is 0 Å². The number of hydrogen-bond donors (Lipinski definition) is 2. The Morgan fingerprint density at radius 3 is 3.12 bits per heavy atom. The van der Waals surface area contributed by atoms with E-state index in [-0.39, 0.29) is 18.2 Å². The van der Waals surface area contributed by atoms with Crippen LogP contribution in [0.3, 0.4) is 0 Å². The minimum Gasteiger partial charge on any atom is -0.450 e. The van der Waals surface area contributed by atoms with E-state index in [0.29, 0.717) is 31.7 Å². The monoisotopic (exact) mass is 358 g/mol. The Kier molecular flexibility index (Phi) is 4.04. The standard InChI is InChI=1S/C17H18N4O3S/c1-2-24-17(23)21-7-5-11-12(9-21)25-16-13(11)15(22)19-14(20-16)10-4-3-6-18-8-10/h3-4,6,8,14,20H,2,5,7,9H2,1H3,(H,19,22). The lowest BCUT2D eigenvalue weighted by Gasteiger charge is -2.28. The summed E-state index contributed by atoms with van der Waals surface area (Å²) in [6.45, 7) is 3.20. The third-order valence-corrected chi connectivity index (χ3v) is 5.53. The quantitative estimate of drug-likeness (QED) is 0.862. The van der Waals surface area contributed by atoms with Crippen LogP contribution in [-0.2, 0) is 17.7 Å². The Morgan fingerprint density at radius 2 is 2.36 bits per heavy atom. The topological polar surface area (TPSA) is 83.6 Å². The molecule has 4 rings (SSSR count). The van der Waals surface area contributed by atoms with Crippen LogP contribution in [0.4, 0.5) is 9.80 Å². The average molecular weight is 358 g/mol. The Labute approximate surface area is 149 Å². The largest absolute Gasteiger partial charge is 0.450 e. The van der Waals surface area contributed by atoms with E-state index in [9.17, 15) is 9.59 Å². The molecule has 0 fully saturated rings. The number of anilines is 1. The number of carbonyl (C=O) groups is 2. The highest BCUT2D eigenvalue weighted by Gasteiger charge is 2.34. The molecule has 2 aromatic heterocycles. The minimum absolute atomic E-state index is 0.0790. The number of carbonyl (C=O) groups excluding carboxylic acids is 2. The molecule has 2 aliphatic heterocycles. The fourth-order valence-corrected chi connectivity index (χ4v) is 4.49. The van der Waals surface area contributed by atoms with Crippen LogP contribution in [-0.4, -0.2) is 35.0 Å². The number of aromatic nitrogens is 1. The van der Waals surface area contributed by atoms with E-state index in [1.165, 1.54) is 11.3 Å². The summed E-state index contributed by atoms with van der Waals surface area (Å²) in [5.74, 6) is -0.0790. The van der Waals surface area contributed by atoms with Crippen molar-refractivity contribution in [1.82, 2.24) is 15.2 Å². The minimum atomic E-state index is -0.301. The number of hydrogen-bond acceptors (Lipinski definition) is 6. The molecule has 2 aliphatic rings. The van der Waals surface area contributed by atoms with Gasteiger partial charge >= 0.3 is 6.09 Å². The molecule has 0 aliphatic carbocycles. The van der Waals surface area contributed by atoms with Crippen molar-refractivity contribution in [2.24, 2.45) is 0 Å². The smallest absolute Gasteiger partial charge is 0.410 e. The number of fused-ring (bicyclic) bond motifs is 3. The Balaban J connectivity index is 1.60. The molecule has 1 atom stereocenters. The lowest BCUT2D eigenvalue weighted by atomic mass is 10.0. The van der Waals surface area contributed by atoms with Crippen LogP contribution >= 0.6 is 11.3 Å². The van der Waals surface area contributed by atoms with Crippen molar-refractivity contribution in [3.05, 3.63) is 46.1 Å². The maximum absolute atomic E-state index is 12.7. The molecule has 0 spiro atoms. The Bertz CT molecular complexity index is 821. The number of nitrogens with zero attached hydrogens (tertiary/aromatic N) is 2. The van der Waals surface area contributed by atoms with Gasteiger partial charge < -0.3 is 20.3 Å². The first kappa shape index (κ1) is 15.9. The molecular formula is C17H18N4O3S. The van der Waals surface area contributed by atoms with E-state index >= 15 is 0 Å². The van der Waals surface area contributed by atoms with Crippen LogP contribution in [0.2, 0.25) is 0 Å². The summed E-state index contributed by atoms with van der Waals surface area (Å²) in [5.41, 5.74) is 2.65. The molecule has 0 saturated heterocycles. The first-order valence-corrected chi connectivity index (χ1v) is 9.02. The van der Waals surface area contributed by atoms with Crippen LogP contribution in [0, 0.1) is 0 Å². The predicted molar refractivity (Wildman–Crippen MR) is 93.5 cm³/mol. The van der Waals surface area contributed by atoms with Gasteiger partial charge in [-0.25, -0.2) is 4.79 Å². The van der Waals surface area contributed by atoms with E-state index in [1.807, 2.05) is 12.1 Å². The van der Waals surface area contributed by atoms with E-state index in [0.717, 1.165) is 21.0 Å². The molecular weight excluding hydrogens is 340 g/mol. The molecule has 2 N–H and O–H groups in total. The summed E-state index contributed by atoms with van der Waals surface area (Å²) < 4.78 is 5.08. The molecule has 1 unspecified atom stereocenters. The second kappa shape index (κ2) is 6.36. The third kappa shape index (κ3) is 2.82. The highest BCUT2D eigenvalue weighted by Crippen LogP contribution is 2.40. The van der Waals surface area contributed by atoms with Crippen molar-refractivity contribution < 1.29 is 14.3 Å². The van der Waals surface area contributed by atoms with Gasteiger partial charge in [-0.15, -0.1) is 11.3 Å². The number of ether oxygens (including phenoxy) is 1. The van der Waals surface area contributed by atoms with Gasteiger partial charge in [0.1, 0.15) is 11.2 Å². The van der Waals surface area contributed by atoms with E-state index in [4.69, 9.17) is 4.74 Å². The molecule has 0 saturated carbocycles. The highest BCUT2D eigenvalue weighted by atomic mass is 32.1. The van der Waals surface area contributed by atoms with Crippen molar-refractivity contribution in [3.8, 4) is 0 Å². The van der Waals surface area contributed by atoms with Crippen LogP contribution in [0.1, 0.15) is 39.5 Å². The first-order valence-electron chi connectivity index (χ1n) is 8.21. The lowest BCUT2D eigenvalue weighted by Crippen LogP contribution is -2.39. The summed E-state index contributed by atoms with van der Waals surface area (Å²) >= 11 is 1.54. The van der Waals surface area contributed by atoms with Gasteiger partial charge in [0.15, 0.2) is 0 Å². The number of rotatable bonds is 2. The van der Waals surface area contributed by atoms with Crippen molar-refractivity contribution in [1.29, 1.82) is 0 Å². The molecule has 7 nitrogen and oxygen atoms in total. The number of thiophene rings is 1. The van der Waals surface area contributed by atoms with Crippen molar-refractivity contribution in [2.75, 3.05) is 18.5 Å². The molecule has 0 radical (unpaired) electrons. The summed E-state index contributed by atoms with van der Waals surface area (Å²) in [4.78, 5) is 31.4. The predicted octanol–water partition coefficient (Wildman–Crippen LogP) is 2.51.